The van der Waals surface area contributed by atoms with Crippen LogP contribution in [0, 0.1) is 5.92 Å². The fourth-order valence-corrected chi connectivity index (χ4v) is 3.56. The molecule has 1 aromatic carbocycles. The van der Waals surface area contributed by atoms with Crippen LogP contribution < -0.4 is 10.1 Å². The van der Waals surface area contributed by atoms with Crippen LogP contribution in [0.5, 0.6) is 5.88 Å². The molecule has 2 aliphatic rings. The van der Waals surface area contributed by atoms with Gasteiger partial charge in [-0.05, 0) is 55.4 Å². The highest BCUT2D eigenvalue weighted by Crippen LogP contribution is 2.33. The molecule has 2 aromatic rings. The SMILES string of the molecule is O=C(N[C@@H]1CCCC[C@H]1O)c1cc(-c2ccc(Cl)cc2)c(OCC2CC2)nn1. The fourth-order valence-electron chi connectivity index (χ4n) is 3.44. The Morgan fingerprint density at radius 2 is 1.89 bits per heavy atom. The van der Waals surface area contributed by atoms with Gasteiger partial charge in [0.1, 0.15) is 0 Å². The average molecular weight is 402 g/mol. The van der Waals surface area contributed by atoms with Gasteiger partial charge in [-0.3, -0.25) is 4.79 Å². The molecule has 0 aliphatic heterocycles. The molecule has 4 rings (SSSR count). The average Bonchev–Trinajstić information content (AvgIpc) is 3.53. The standard InChI is InChI=1S/C21H24ClN3O3/c22-15-9-7-14(8-10-15)16-11-18(24-25-21(16)28-12-13-5-6-13)20(27)23-17-3-1-2-4-19(17)26/h7-11,13,17,19,26H,1-6,12H2,(H,23,27)/t17-,19-/m1/s1. The van der Waals surface area contributed by atoms with Crippen LogP contribution in [0.25, 0.3) is 11.1 Å². The number of aromatic nitrogens is 2. The largest absolute Gasteiger partial charge is 0.476 e. The summed E-state index contributed by atoms with van der Waals surface area (Å²) in [6.45, 7) is 0.606. The molecule has 0 saturated heterocycles. The molecule has 1 amide bonds. The molecule has 2 aliphatic carbocycles. The smallest absolute Gasteiger partial charge is 0.272 e. The number of benzene rings is 1. The van der Waals surface area contributed by atoms with E-state index in [4.69, 9.17) is 16.3 Å². The molecular formula is C21H24ClN3O3. The summed E-state index contributed by atoms with van der Waals surface area (Å²) in [6.07, 6.45) is 5.30. The van der Waals surface area contributed by atoms with Crippen LogP contribution in [0.1, 0.15) is 49.0 Å². The summed E-state index contributed by atoms with van der Waals surface area (Å²) in [5, 5.41) is 21.9. The molecule has 0 radical (unpaired) electrons. The van der Waals surface area contributed by atoms with Crippen molar-refractivity contribution >= 4 is 17.5 Å². The zero-order valence-corrected chi connectivity index (χ0v) is 16.4. The van der Waals surface area contributed by atoms with Gasteiger partial charge in [-0.25, -0.2) is 0 Å². The molecule has 2 N–H and O–H groups in total. The second-order valence-corrected chi connectivity index (χ2v) is 8.08. The third-order valence-electron chi connectivity index (χ3n) is 5.35. The first-order chi connectivity index (χ1) is 13.6. The number of carbonyl (C=O) groups excluding carboxylic acids is 1. The van der Waals surface area contributed by atoms with Crippen molar-refractivity contribution in [1.29, 1.82) is 0 Å². The summed E-state index contributed by atoms with van der Waals surface area (Å²) in [7, 11) is 0. The van der Waals surface area contributed by atoms with E-state index in [-0.39, 0.29) is 17.6 Å². The van der Waals surface area contributed by atoms with Gasteiger partial charge in [0.15, 0.2) is 5.69 Å². The highest BCUT2D eigenvalue weighted by atomic mass is 35.5. The van der Waals surface area contributed by atoms with Crippen molar-refractivity contribution in [3.05, 3.63) is 41.0 Å². The van der Waals surface area contributed by atoms with E-state index in [1.54, 1.807) is 18.2 Å². The fraction of sp³-hybridized carbons (Fsp3) is 0.476. The molecule has 6 nitrogen and oxygen atoms in total. The van der Waals surface area contributed by atoms with Gasteiger partial charge in [0.25, 0.3) is 5.91 Å². The first-order valence-corrected chi connectivity index (χ1v) is 10.2. The van der Waals surface area contributed by atoms with Gasteiger partial charge >= 0.3 is 0 Å². The maximum Gasteiger partial charge on any atom is 0.272 e. The van der Waals surface area contributed by atoms with Crippen molar-refractivity contribution in [3.63, 3.8) is 0 Å². The predicted molar refractivity (Wildman–Crippen MR) is 106 cm³/mol. The van der Waals surface area contributed by atoms with Gasteiger partial charge in [0.2, 0.25) is 5.88 Å². The van der Waals surface area contributed by atoms with Crippen molar-refractivity contribution < 1.29 is 14.6 Å². The van der Waals surface area contributed by atoms with E-state index in [0.717, 1.165) is 24.8 Å². The van der Waals surface area contributed by atoms with Crippen LogP contribution in [-0.4, -0.2) is 40.0 Å². The van der Waals surface area contributed by atoms with Gasteiger partial charge in [-0.15, -0.1) is 10.2 Å². The highest BCUT2D eigenvalue weighted by Gasteiger charge is 2.27. The van der Waals surface area contributed by atoms with E-state index in [1.165, 1.54) is 12.8 Å². The minimum atomic E-state index is -0.512. The highest BCUT2D eigenvalue weighted by molar-refractivity contribution is 6.30. The van der Waals surface area contributed by atoms with Crippen molar-refractivity contribution in [3.8, 4) is 17.0 Å². The molecule has 1 heterocycles. The molecule has 0 unspecified atom stereocenters. The quantitative estimate of drug-likeness (QED) is 0.772. The Bertz CT molecular complexity index is 839. The number of nitrogens with zero attached hydrogens (tertiary/aromatic N) is 2. The van der Waals surface area contributed by atoms with E-state index in [2.05, 4.69) is 15.5 Å². The minimum Gasteiger partial charge on any atom is -0.476 e. The maximum atomic E-state index is 12.7. The Morgan fingerprint density at radius 1 is 1.14 bits per heavy atom. The normalized spacial score (nSPS) is 21.9. The third-order valence-corrected chi connectivity index (χ3v) is 5.60. The number of aliphatic hydroxyl groups excluding tert-OH is 1. The number of rotatable bonds is 6. The number of hydrogen-bond acceptors (Lipinski definition) is 5. The van der Waals surface area contributed by atoms with Gasteiger partial charge in [0, 0.05) is 10.6 Å². The number of amides is 1. The summed E-state index contributed by atoms with van der Waals surface area (Å²) in [5.41, 5.74) is 1.78. The molecule has 7 heteroatoms. The van der Waals surface area contributed by atoms with Crippen LogP contribution in [0.4, 0.5) is 0 Å². The molecule has 0 bridgehead atoms. The van der Waals surface area contributed by atoms with Gasteiger partial charge < -0.3 is 15.2 Å². The zero-order valence-electron chi connectivity index (χ0n) is 15.6. The van der Waals surface area contributed by atoms with Crippen molar-refractivity contribution in [2.24, 2.45) is 5.92 Å². The number of carbonyl (C=O) groups is 1. The second-order valence-electron chi connectivity index (χ2n) is 7.64. The molecule has 2 fully saturated rings. The third kappa shape index (κ3) is 4.62. The Morgan fingerprint density at radius 3 is 2.61 bits per heavy atom. The van der Waals surface area contributed by atoms with Crippen molar-refractivity contribution in [2.75, 3.05) is 6.61 Å². The molecule has 28 heavy (non-hydrogen) atoms. The van der Waals surface area contributed by atoms with Crippen LogP contribution in [0.3, 0.4) is 0 Å². The molecule has 2 saturated carbocycles. The predicted octanol–water partition coefficient (Wildman–Crippen LogP) is 3.62. The van der Waals surface area contributed by atoms with E-state index >= 15 is 0 Å². The number of ether oxygens (including phenoxy) is 1. The van der Waals surface area contributed by atoms with E-state index < -0.39 is 6.10 Å². The number of halogens is 1. The Kier molecular flexibility index (Phi) is 5.78. The van der Waals surface area contributed by atoms with Gasteiger partial charge in [-0.2, -0.15) is 0 Å². The first-order valence-electron chi connectivity index (χ1n) is 9.85. The Hall–Kier alpha value is -2.18. The van der Waals surface area contributed by atoms with Crippen LogP contribution >= 0.6 is 11.6 Å². The molecule has 2 atom stereocenters. The zero-order chi connectivity index (χ0) is 19.5. The Labute approximate surface area is 169 Å². The summed E-state index contributed by atoms with van der Waals surface area (Å²) >= 11 is 6.01. The lowest BCUT2D eigenvalue weighted by molar-refractivity contribution is 0.0713. The van der Waals surface area contributed by atoms with Gasteiger partial charge in [0.05, 0.1) is 18.8 Å². The lowest BCUT2D eigenvalue weighted by Gasteiger charge is -2.28. The molecular weight excluding hydrogens is 378 g/mol. The van der Waals surface area contributed by atoms with Crippen molar-refractivity contribution in [2.45, 2.75) is 50.7 Å². The summed E-state index contributed by atoms with van der Waals surface area (Å²) in [5.74, 6) is 0.668. The molecule has 148 valence electrons. The van der Waals surface area contributed by atoms with E-state index in [9.17, 15) is 9.90 Å². The van der Waals surface area contributed by atoms with Crippen molar-refractivity contribution in [1.82, 2.24) is 15.5 Å². The Balaban J connectivity index is 1.57. The monoisotopic (exact) mass is 401 g/mol. The summed E-state index contributed by atoms with van der Waals surface area (Å²) in [6, 6.07) is 8.78. The topological polar surface area (TPSA) is 84.3 Å². The first kappa shape index (κ1) is 19.2. The minimum absolute atomic E-state index is 0.210. The number of hydrogen-bond donors (Lipinski definition) is 2. The maximum absolute atomic E-state index is 12.7. The van der Waals surface area contributed by atoms with Crippen LogP contribution in [0.15, 0.2) is 30.3 Å². The summed E-state index contributed by atoms with van der Waals surface area (Å²) in [4.78, 5) is 12.7. The molecule has 1 aromatic heterocycles. The van der Waals surface area contributed by atoms with Crippen LogP contribution in [0.2, 0.25) is 5.02 Å². The van der Waals surface area contributed by atoms with Gasteiger partial charge in [-0.1, -0.05) is 36.6 Å². The lowest BCUT2D eigenvalue weighted by Crippen LogP contribution is -2.45. The number of aliphatic hydroxyl groups is 1. The van der Waals surface area contributed by atoms with E-state index in [1.807, 2.05) is 12.1 Å². The second kappa shape index (κ2) is 8.45. The van der Waals surface area contributed by atoms with E-state index in [0.29, 0.717) is 35.4 Å². The lowest BCUT2D eigenvalue weighted by atomic mass is 9.92. The van der Waals surface area contributed by atoms with Crippen LogP contribution in [-0.2, 0) is 0 Å². The summed E-state index contributed by atoms with van der Waals surface area (Å²) < 4.78 is 5.87. The number of nitrogens with one attached hydrogen (secondary N) is 1. The molecule has 0 spiro atoms.